The summed E-state index contributed by atoms with van der Waals surface area (Å²) in [6.45, 7) is 1.86. The summed E-state index contributed by atoms with van der Waals surface area (Å²) in [5.74, 6) is -3.47. The summed E-state index contributed by atoms with van der Waals surface area (Å²) in [7, 11) is 0. The predicted molar refractivity (Wildman–Crippen MR) is 47.7 cm³/mol. The Morgan fingerprint density at radius 3 is 2.18 bits per heavy atom. The molecule has 0 aromatic heterocycles. The third-order valence-corrected chi connectivity index (χ3v) is 1.45. The SMILES string of the molecule is C=CCC(OC(=O)C(=O)OCC(F)F)C(F)F. The normalized spacial score (nSPS) is 12.4. The van der Waals surface area contributed by atoms with E-state index in [4.69, 9.17) is 0 Å². The molecule has 17 heavy (non-hydrogen) atoms. The summed E-state index contributed by atoms with van der Waals surface area (Å²) in [5, 5.41) is 0. The van der Waals surface area contributed by atoms with Crippen LogP contribution in [0.3, 0.4) is 0 Å². The number of carbonyl (C=O) groups is 2. The Labute approximate surface area is 94.2 Å². The molecule has 0 aliphatic rings. The predicted octanol–water partition coefficient (Wildman–Crippen LogP) is 1.55. The fourth-order valence-corrected chi connectivity index (χ4v) is 0.750. The van der Waals surface area contributed by atoms with Crippen LogP contribution in [0.15, 0.2) is 12.7 Å². The van der Waals surface area contributed by atoms with Gasteiger partial charge in [0.1, 0.15) is 0 Å². The molecule has 0 N–H and O–H groups in total. The number of esters is 2. The molecule has 0 rings (SSSR count). The Hall–Kier alpha value is -1.60. The molecule has 8 heteroatoms. The van der Waals surface area contributed by atoms with E-state index in [9.17, 15) is 27.2 Å². The molecule has 0 bridgehead atoms. The highest BCUT2D eigenvalue weighted by molar-refractivity contribution is 6.29. The largest absolute Gasteiger partial charge is 0.451 e. The minimum Gasteiger partial charge on any atom is -0.451 e. The van der Waals surface area contributed by atoms with Crippen LogP contribution in [0, 0.1) is 0 Å². The van der Waals surface area contributed by atoms with Crippen molar-refractivity contribution in [3.63, 3.8) is 0 Å². The van der Waals surface area contributed by atoms with Crippen LogP contribution in [0.4, 0.5) is 17.6 Å². The molecule has 4 nitrogen and oxygen atoms in total. The van der Waals surface area contributed by atoms with E-state index in [1.807, 2.05) is 0 Å². The number of halogens is 4. The summed E-state index contributed by atoms with van der Waals surface area (Å²) in [4.78, 5) is 21.5. The Morgan fingerprint density at radius 2 is 1.76 bits per heavy atom. The lowest BCUT2D eigenvalue weighted by atomic mass is 10.2. The second-order valence-electron chi connectivity index (χ2n) is 2.79. The zero-order valence-electron chi connectivity index (χ0n) is 8.58. The lowest BCUT2D eigenvalue weighted by Gasteiger charge is -2.14. The standard InChI is InChI=1S/C9H10F4O4/c1-2-3-5(7(12)13)17-9(15)8(14)16-4-6(10)11/h2,5-7H,1,3-4H2. The van der Waals surface area contributed by atoms with Crippen molar-refractivity contribution in [1.29, 1.82) is 0 Å². The van der Waals surface area contributed by atoms with Crippen molar-refractivity contribution in [3.05, 3.63) is 12.7 Å². The monoisotopic (exact) mass is 258 g/mol. The van der Waals surface area contributed by atoms with Crippen LogP contribution in [0.2, 0.25) is 0 Å². The maximum atomic E-state index is 12.2. The topological polar surface area (TPSA) is 52.6 Å². The van der Waals surface area contributed by atoms with Crippen molar-refractivity contribution >= 4 is 11.9 Å². The molecule has 1 unspecified atom stereocenters. The van der Waals surface area contributed by atoms with Gasteiger partial charge in [0.2, 0.25) is 0 Å². The number of rotatable bonds is 6. The molecule has 0 aromatic rings. The van der Waals surface area contributed by atoms with Crippen molar-refractivity contribution < 1.29 is 36.6 Å². The quantitative estimate of drug-likeness (QED) is 0.314. The molecule has 0 fully saturated rings. The van der Waals surface area contributed by atoms with Gasteiger partial charge in [-0.1, -0.05) is 6.08 Å². The highest BCUT2D eigenvalue weighted by Gasteiger charge is 2.28. The Morgan fingerprint density at radius 1 is 1.18 bits per heavy atom. The maximum Gasteiger partial charge on any atom is 0.417 e. The smallest absolute Gasteiger partial charge is 0.417 e. The summed E-state index contributed by atoms with van der Waals surface area (Å²) >= 11 is 0. The van der Waals surface area contributed by atoms with Crippen molar-refractivity contribution in [2.45, 2.75) is 25.4 Å². The summed E-state index contributed by atoms with van der Waals surface area (Å²) in [6, 6.07) is 0. The van der Waals surface area contributed by atoms with E-state index in [2.05, 4.69) is 16.1 Å². The summed E-state index contributed by atoms with van der Waals surface area (Å²) < 4.78 is 55.5. The molecular formula is C9H10F4O4. The highest BCUT2D eigenvalue weighted by atomic mass is 19.3. The van der Waals surface area contributed by atoms with Crippen LogP contribution >= 0.6 is 0 Å². The fourth-order valence-electron chi connectivity index (χ4n) is 0.750. The average molecular weight is 258 g/mol. The van der Waals surface area contributed by atoms with E-state index in [0.29, 0.717) is 0 Å². The van der Waals surface area contributed by atoms with Gasteiger partial charge in [0.15, 0.2) is 12.7 Å². The number of hydrogen-bond donors (Lipinski definition) is 0. The lowest BCUT2D eigenvalue weighted by molar-refractivity contribution is -0.177. The molecule has 0 saturated carbocycles. The zero-order chi connectivity index (χ0) is 13.4. The first kappa shape index (κ1) is 15.4. The van der Waals surface area contributed by atoms with Crippen molar-refractivity contribution in [2.24, 2.45) is 0 Å². The van der Waals surface area contributed by atoms with E-state index in [0.717, 1.165) is 6.08 Å². The molecule has 0 saturated heterocycles. The molecule has 0 amide bonds. The summed E-state index contributed by atoms with van der Waals surface area (Å²) in [5.41, 5.74) is 0. The summed E-state index contributed by atoms with van der Waals surface area (Å²) in [6.07, 6.45) is -7.12. The molecule has 0 spiro atoms. The lowest BCUT2D eigenvalue weighted by Crippen LogP contribution is -2.31. The van der Waals surface area contributed by atoms with E-state index in [1.165, 1.54) is 0 Å². The number of alkyl halides is 4. The van der Waals surface area contributed by atoms with E-state index >= 15 is 0 Å². The van der Waals surface area contributed by atoms with Crippen LogP contribution in [-0.2, 0) is 19.1 Å². The van der Waals surface area contributed by atoms with Crippen molar-refractivity contribution in [3.8, 4) is 0 Å². The molecule has 0 aromatic carbocycles. The number of carbonyl (C=O) groups excluding carboxylic acids is 2. The maximum absolute atomic E-state index is 12.2. The van der Waals surface area contributed by atoms with E-state index < -0.39 is 37.5 Å². The van der Waals surface area contributed by atoms with Gasteiger partial charge in [-0.2, -0.15) is 0 Å². The Kier molecular flexibility index (Phi) is 6.92. The van der Waals surface area contributed by atoms with Gasteiger partial charge in [-0.25, -0.2) is 27.2 Å². The Balaban J connectivity index is 4.20. The van der Waals surface area contributed by atoms with Gasteiger partial charge in [0.25, 0.3) is 12.9 Å². The van der Waals surface area contributed by atoms with Crippen LogP contribution in [-0.4, -0.2) is 37.5 Å². The molecule has 0 radical (unpaired) electrons. The molecule has 0 aliphatic heterocycles. The number of hydrogen-bond acceptors (Lipinski definition) is 4. The van der Waals surface area contributed by atoms with Gasteiger partial charge < -0.3 is 9.47 Å². The highest BCUT2D eigenvalue weighted by Crippen LogP contribution is 2.11. The average Bonchev–Trinajstić information content (AvgIpc) is 2.24. The molecule has 98 valence electrons. The minimum absolute atomic E-state index is 0.370. The van der Waals surface area contributed by atoms with Gasteiger partial charge in [0, 0.05) is 6.42 Å². The number of ether oxygens (including phenoxy) is 2. The second-order valence-corrected chi connectivity index (χ2v) is 2.79. The van der Waals surface area contributed by atoms with Gasteiger partial charge in [-0.3, -0.25) is 0 Å². The first-order valence-electron chi connectivity index (χ1n) is 4.43. The molecule has 0 heterocycles. The minimum atomic E-state index is -3.01. The first-order valence-corrected chi connectivity index (χ1v) is 4.43. The first-order chi connectivity index (χ1) is 7.88. The van der Waals surface area contributed by atoms with Crippen LogP contribution in [0.25, 0.3) is 0 Å². The fraction of sp³-hybridized carbons (Fsp3) is 0.556. The van der Waals surface area contributed by atoms with Crippen LogP contribution in [0.5, 0.6) is 0 Å². The molecular weight excluding hydrogens is 248 g/mol. The van der Waals surface area contributed by atoms with Crippen LogP contribution < -0.4 is 0 Å². The van der Waals surface area contributed by atoms with E-state index in [-0.39, 0.29) is 6.42 Å². The van der Waals surface area contributed by atoms with E-state index in [1.54, 1.807) is 0 Å². The Bertz CT molecular complexity index is 280. The zero-order valence-corrected chi connectivity index (χ0v) is 8.58. The van der Waals surface area contributed by atoms with Crippen molar-refractivity contribution in [2.75, 3.05) is 6.61 Å². The van der Waals surface area contributed by atoms with Gasteiger partial charge in [-0.15, -0.1) is 6.58 Å². The third-order valence-electron chi connectivity index (χ3n) is 1.45. The molecule has 1 atom stereocenters. The van der Waals surface area contributed by atoms with Gasteiger partial charge >= 0.3 is 11.9 Å². The van der Waals surface area contributed by atoms with Crippen molar-refractivity contribution in [1.82, 2.24) is 0 Å². The van der Waals surface area contributed by atoms with Crippen LogP contribution in [0.1, 0.15) is 6.42 Å². The van der Waals surface area contributed by atoms with Gasteiger partial charge in [-0.05, 0) is 0 Å². The molecule has 0 aliphatic carbocycles. The third kappa shape index (κ3) is 6.54. The van der Waals surface area contributed by atoms with Gasteiger partial charge in [0.05, 0.1) is 0 Å². The second kappa shape index (κ2) is 7.64.